The van der Waals surface area contributed by atoms with Gasteiger partial charge >= 0.3 is 0 Å². The molecule has 0 saturated carbocycles. The monoisotopic (exact) mass is 316 g/mol. The van der Waals surface area contributed by atoms with Crippen molar-refractivity contribution in [1.29, 1.82) is 0 Å². The van der Waals surface area contributed by atoms with Gasteiger partial charge in [-0.05, 0) is 31.2 Å². The third-order valence-electron chi connectivity index (χ3n) is 2.78. The molecule has 120 valence electrons. The van der Waals surface area contributed by atoms with E-state index >= 15 is 0 Å². The fourth-order valence-corrected chi connectivity index (χ4v) is 1.68. The molecule has 0 saturated heterocycles. The highest BCUT2D eigenvalue weighted by molar-refractivity contribution is 5.85. The van der Waals surface area contributed by atoms with Crippen LogP contribution < -0.4 is 20.1 Å². The van der Waals surface area contributed by atoms with Crippen molar-refractivity contribution >= 4 is 18.3 Å². The Kier molecular flexibility index (Phi) is 10.4. The lowest BCUT2D eigenvalue weighted by Crippen LogP contribution is -2.26. The molecule has 0 fully saturated rings. The van der Waals surface area contributed by atoms with E-state index < -0.39 is 0 Å². The molecule has 1 aromatic rings. The zero-order chi connectivity index (χ0) is 14.8. The topological polar surface area (TPSA) is 59.6 Å². The largest absolute Gasteiger partial charge is 0.493 e. The van der Waals surface area contributed by atoms with E-state index in [-0.39, 0.29) is 18.3 Å². The van der Waals surface area contributed by atoms with Crippen LogP contribution in [0.25, 0.3) is 0 Å². The summed E-state index contributed by atoms with van der Waals surface area (Å²) in [7, 11) is 3.44. The molecule has 21 heavy (non-hydrogen) atoms. The summed E-state index contributed by atoms with van der Waals surface area (Å²) in [5.41, 5.74) is 0.989. The van der Waals surface area contributed by atoms with Crippen LogP contribution in [-0.2, 0) is 11.3 Å². The second-order valence-electron chi connectivity index (χ2n) is 4.46. The first-order valence-corrected chi connectivity index (χ1v) is 6.92. The number of hydrogen-bond donors (Lipinski definition) is 2. The van der Waals surface area contributed by atoms with Crippen LogP contribution >= 0.6 is 12.4 Å². The van der Waals surface area contributed by atoms with E-state index in [0.717, 1.165) is 17.7 Å². The van der Waals surface area contributed by atoms with E-state index in [0.29, 0.717) is 31.9 Å². The molecule has 0 spiro atoms. The van der Waals surface area contributed by atoms with E-state index in [1.54, 1.807) is 7.11 Å². The quantitative estimate of drug-likeness (QED) is 0.733. The Hall–Kier alpha value is -1.46. The van der Waals surface area contributed by atoms with Gasteiger partial charge in [0.25, 0.3) is 0 Å². The lowest BCUT2D eigenvalue weighted by molar-refractivity contribution is -0.121. The van der Waals surface area contributed by atoms with Crippen molar-refractivity contribution in [1.82, 2.24) is 10.6 Å². The van der Waals surface area contributed by atoms with Gasteiger partial charge in [-0.15, -0.1) is 12.4 Å². The second kappa shape index (κ2) is 11.2. The molecule has 2 N–H and O–H groups in total. The van der Waals surface area contributed by atoms with Gasteiger partial charge in [-0.25, -0.2) is 0 Å². The highest BCUT2D eigenvalue weighted by Gasteiger charge is 2.06. The summed E-state index contributed by atoms with van der Waals surface area (Å²) >= 11 is 0. The molecule has 0 bridgehead atoms. The maximum atomic E-state index is 11.5. The highest BCUT2D eigenvalue weighted by Crippen LogP contribution is 2.28. The second-order valence-corrected chi connectivity index (χ2v) is 4.46. The Balaban J connectivity index is 0.00000400. The van der Waals surface area contributed by atoms with Gasteiger partial charge in [0, 0.05) is 19.5 Å². The predicted octanol–water partition coefficient (Wildman–Crippen LogP) is 2.13. The standard InChI is InChI=1S/C15H24N2O3.ClH/c1-4-9-20-13-6-5-12(10-14(13)19-3)11-17-15(18)7-8-16-2;/h5-6,10,16H,4,7-9,11H2,1-3H3,(H,17,18);1H. The van der Waals surface area contributed by atoms with Gasteiger partial charge < -0.3 is 20.1 Å². The number of halogens is 1. The fraction of sp³-hybridized carbons (Fsp3) is 0.533. The Morgan fingerprint density at radius 1 is 1.29 bits per heavy atom. The SMILES string of the molecule is CCCOc1ccc(CNC(=O)CCNC)cc1OC.Cl. The number of rotatable bonds is 9. The Labute approximate surface area is 132 Å². The van der Waals surface area contributed by atoms with Crippen LogP contribution in [0, 0.1) is 0 Å². The van der Waals surface area contributed by atoms with Gasteiger partial charge in [0.2, 0.25) is 5.91 Å². The van der Waals surface area contributed by atoms with Crippen LogP contribution in [0.3, 0.4) is 0 Å². The van der Waals surface area contributed by atoms with Crippen molar-refractivity contribution in [3.63, 3.8) is 0 Å². The Bertz CT molecular complexity index is 427. The molecule has 0 radical (unpaired) electrons. The predicted molar refractivity (Wildman–Crippen MR) is 86.4 cm³/mol. The molecular weight excluding hydrogens is 292 g/mol. The van der Waals surface area contributed by atoms with E-state index in [2.05, 4.69) is 17.6 Å². The van der Waals surface area contributed by atoms with Gasteiger partial charge in [0.15, 0.2) is 11.5 Å². The summed E-state index contributed by atoms with van der Waals surface area (Å²) in [6, 6.07) is 5.71. The number of carbonyl (C=O) groups is 1. The van der Waals surface area contributed by atoms with Crippen molar-refractivity contribution in [2.75, 3.05) is 27.3 Å². The molecule has 0 aliphatic rings. The van der Waals surface area contributed by atoms with Crippen molar-refractivity contribution in [3.8, 4) is 11.5 Å². The number of benzene rings is 1. The Morgan fingerprint density at radius 3 is 2.67 bits per heavy atom. The van der Waals surface area contributed by atoms with Crippen molar-refractivity contribution < 1.29 is 14.3 Å². The van der Waals surface area contributed by atoms with Crippen LogP contribution in [0.4, 0.5) is 0 Å². The van der Waals surface area contributed by atoms with Gasteiger partial charge in [-0.3, -0.25) is 4.79 Å². The van der Waals surface area contributed by atoms with Crippen LogP contribution in [0.2, 0.25) is 0 Å². The summed E-state index contributed by atoms with van der Waals surface area (Å²) in [5.74, 6) is 1.46. The average Bonchev–Trinajstić information content (AvgIpc) is 2.49. The van der Waals surface area contributed by atoms with Gasteiger partial charge in [-0.1, -0.05) is 13.0 Å². The molecule has 0 heterocycles. The molecule has 6 heteroatoms. The van der Waals surface area contributed by atoms with Crippen LogP contribution in [0.5, 0.6) is 11.5 Å². The smallest absolute Gasteiger partial charge is 0.221 e. The van der Waals surface area contributed by atoms with Crippen LogP contribution in [0.1, 0.15) is 25.3 Å². The molecule has 1 rings (SSSR count). The lowest BCUT2D eigenvalue weighted by Gasteiger charge is -2.12. The minimum absolute atomic E-state index is 0. The van der Waals surface area contributed by atoms with E-state index in [9.17, 15) is 4.79 Å². The molecule has 0 aromatic heterocycles. The Morgan fingerprint density at radius 2 is 2.05 bits per heavy atom. The molecule has 0 atom stereocenters. The number of ether oxygens (including phenoxy) is 2. The molecule has 0 unspecified atom stereocenters. The number of amides is 1. The maximum absolute atomic E-state index is 11.5. The zero-order valence-corrected chi connectivity index (χ0v) is 13.7. The first-order valence-electron chi connectivity index (χ1n) is 6.92. The number of hydrogen-bond acceptors (Lipinski definition) is 4. The van der Waals surface area contributed by atoms with Gasteiger partial charge in [0.05, 0.1) is 13.7 Å². The molecule has 5 nitrogen and oxygen atoms in total. The van der Waals surface area contributed by atoms with E-state index in [1.807, 2.05) is 25.2 Å². The van der Waals surface area contributed by atoms with E-state index in [4.69, 9.17) is 9.47 Å². The minimum Gasteiger partial charge on any atom is -0.493 e. The zero-order valence-electron chi connectivity index (χ0n) is 12.9. The summed E-state index contributed by atoms with van der Waals surface area (Å²) in [5, 5.41) is 5.82. The first kappa shape index (κ1) is 19.5. The average molecular weight is 317 g/mol. The normalized spacial score (nSPS) is 9.67. The number of nitrogens with one attached hydrogen (secondary N) is 2. The fourth-order valence-electron chi connectivity index (χ4n) is 1.68. The molecule has 0 aliphatic heterocycles. The van der Waals surface area contributed by atoms with Gasteiger partial charge in [0.1, 0.15) is 0 Å². The van der Waals surface area contributed by atoms with Crippen molar-refractivity contribution in [2.45, 2.75) is 26.3 Å². The number of methoxy groups -OCH3 is 1. The number of carbonyl (C=O) groups excluding carboxylic acids is 1. The highest BCUT2D eigenvalue weighted by atomic mass is 35.5. The summed E-state index contributed by atoms with van der Waals surface area (Å²) in [6.45, 7) is 3.89. The third kappa shape index (κ3) is 7.20. The molecule has 0 aliphatic carbocycles. The maximum Gasteiger partial charge on any atom is 0.221 e. The summed E-state index contributed by atoms with van der Waals surface area (Å²) in [6.07, 6.45) is 1.43. The minimum atomic E-state index is 0. The molecule has 1 amide bonds. The molecular formula is C15H25ClN2O3. The van der Waals surface area contributed by atoms with Crippen LogP contribution in [0.15, 0.2) is 18.2 Å². The first-order chi connectivity index (χ1) is 9.71. The third-order valence-corrected chi connectivity index (χ3v) is 2.78. The summed E-state index contributed by atoms with van der Waals surface area (Å²) in [4.78, 5) is 11.5. The lowest BCUT2D eigenvalue weighted by atomic mass is 10.2. The van der Waals surface area contributed by atoms with Gasteiger partial charge in [-0.2, -0.15) is 0 Å². The van der Waals surface area contributed by atoms with E-state index in [1.165, 1.54) is 0 Å². The van der Waals surface area contributed by atoms with Crippen LogP contribution in [-0.4, -0.2) is 33.2 Å². The van der Waals surface area contributed by atoms with Crippen molar-refractivity contribution in [2.24, 2.45) is 0 Å². The van der Waals surface area contributed by atoms with Crippen molar-refractivity contribution in [3.05, 3.63) is 23.8 Å². The summed E-state index contributed by atoms with van der Waals surface area (Å²) < 4.78 is 10.9. The molecule has 1 aromatic carbocycles.